The molecule has 0 spiro atoms. The zero-order valence-corrected chi connectivity index (χ0v) is 16.0. The van der Waals surface area contributed by atoms with E-state index < -0.39 is 0 Å². The molecule has 0 saturated carbocycles. The van der Waals surface area contributed by atoms with E-state index >= 15 is 0 Å². The summed E-state index contributed by atoms with van der Waals surface area (Å²) in [4.78, 5) is 33.1. The quantitative estimate of drug-likeness (QED) is 0.874. The minimum absolute atomic E-state index is 0.0275. The summed E-state index contributed by atoms with van der Waals surface area (Å²) >= 11 is 1.59. The molecule has 0 unspecified atom stereocenters. The molecule has 6 nitrogen and oxygen atoms in total. The predicted octanol–water partition coefficient (Wildman–Crippen LogP) is 2.04. The molecule has 7 heteroatoms. The van der Waals surface area contributed by atoms with E-state index in [-0.39, 0.29) is 17.7 Å². The van der Waals surface area contributed by atoms with Gasteiger partial charge in [0.2, 0.25) is 5.91 Å². The highest BCUT2D eigenvalue weighted by atomic mass is 32.1. The van der Waals surface area contributed by atoms with Crippen LogP contribution in [0.5, 0.6) is 0 Å². The Labute approximate surface area is 162 Å². The Morgan fingerprint density at radius 3 is 2.81 bits per heavy atom. The second kappa shape index (κ2) is 8.19. The monoisotopic (exact) mass is 385 g/mol. The third kappa shape index (κ3) is 4.20. The number of thiophene rings is 1. The van der Waals surface area contributed by atoms with E-state index in [1.807, 2.05) is 23.1 Å². The van der Waals surface area contributed by atoms with Crippen molar-refractivity contribution >= 4 is 23.2 Å². The van der Waals surface area contributed by atoms with Crippen LogP contribution in [0.15, 0.2) is 30.6 Å². The van der Waals surface area contributed by atoms with Crippen molar-refractivity contribution < 1.29 is 14.3 Å². The first kappa shape index (κ1) is 18.1. The summed E-state index contributed by atoms with van der Waals surface area (Å²) in [5.41, 5.74) is 2.20. The highest BCUT2D eigenvalue weighted by Crippen LogP contribution is 2.33. The molecule has 1 aliphatic carbocycles. The lowest BCUT2D eigenvalue weighted by Crippen LogP contribution is -2.40. The second-order valence-electron chi connectivity index (χ2n) is 6.98. The van der Waals surface area contributed by atoms with Crippen LogP contribution in [0.4, 0.5) is 0 Å². The third-order valence-corrected chi connectivity index (χ3v) is 6.40. The fourth-order valence-corrected chi connectivity index (χ4v) is 4.79. The molecular weight excluding hydrogens is 362 g/mol. The first-order chi connectivity index (χ1) is 13.2. The van der Waals surface area contributed by atoms with Gasteiger partial charge in [-0.2, -0.15) is 0 Å². The number of carbonyl (C=O) groups is 2. The summed E-state index contributed by atoms with van der Waals surface area (Å²) in [5.74, 6) is 0.154. The first-order valence-corrected chi connectivity index (χ1v) is 10.2. The Bertz CT molecular complexity index is 815. The number of amides is 2. The number of nitrogens with one attached hydrogen (secondary N) is 1. The fourth-order valence-electron chi connectivity index (χ4n) is 3.61. The number of aromatic nitrogens is 1. The Morgan fingerprint density at radius 1 is 1.26 bits per heavy atom. The van der Waals surface area contributed by atoms with Crippen LogP contribution in [-0.2, 0) is 28.9 Å². The van der Waals surface area contributed by atoms with Crippen molar-refractivity contribution in [2.45, 2.75) is 25.8 Å². The van der Waals surface area contributed by atoms with Gasteiger partial charge in [0.15, 0.2) is 0 Å². The number of nitrogens with zero attached hydrogens (tertiary/aromatic N) is 2. The number of morpholine rings is 1. The van der Waals surface area contributed by atoms with Crippen molar-refractivity contribution in [1.29, 1.82) is 0 Å². The lowest BCUT2D eigenvalue weighted by Gasteiger charge is -2.26. The molecule has 2 amide bonds. The maximum Gasteiger partial charge on any atom is 0.264 e. The van der Waals surface area contributed by atoms with Gasteiger partial charge in [0, 0.05) is 42.8 Å². The fraction of sp³-hybridized carbons (Fsp3) is 0.450. The maximum absolute atomic E-state index is 12.7. The molecular formula is C20H23N3O3S. The molecule has 1 aliphatic heterocycles. The SMILES string of the molecule is O=C(NCc1ccncc1)[C@H]1CCc2sc(C(=O)N3CCOCC3)cc2C1. The summed E-state index contributed by atoms with van der Waals surface area (Å²) < 4.78 is 5.32. The van der Waals surface area contributed by atoms with Crippen molar-refractivity contribution in [2.75, 3.05) is 26.3 Å². The van der Waals surface area contributed by atoms with Crippen LogP contribution in [0.2, 0.25) is 0 Å². The molecule has 2 aromatic heterocycles. The molecule has 1 atom stereocenters. The molecule has 0 radical (unpaired) electrons. The Kier molecular flexibility index (Phi) is 5.50. The number of rotatable bonds is 4. The minimum Gasteiger partial charge on any atom is -0.378 e. The van der Waals surface area contributed by atoms with Crippen molar-refractivity contribution in [2.24, 2.45) is 5.92 Å². The van der Waals surface area contributed by atoms with Crippen LogP contribution in [0, 0.1) is 5.92 Å². The van der Waals surface area contributed by atoms with E-state index in [1.165, 1.54) is 4.88 Å². The predicted molar refractivity (Wildman–Crippen MR) is 103 cm³/mol. The topological polar surface area (TPSA) is 71.5 Å². The molecule has 4 rings (SSSR count). The van der Waals surface area contributed by atoms with Crippen LogP contribution in [0.25, 0.3) is 0 Å². The molecule has 142 valence electrons. The van der Waals surface area contributed by atoms with Gasteiger partial charge in [0.25, 0.3) is 5.91 Å². The second-order valence-corrected chi connectivity index (χ2v) is 8.11. The first-order valence-electron chi connectivity index (χ1n) is 9.36. The third-order valence-electron chi connectivity index (χ3n) is 5.18. The van der Waals surface area contributed by atoms with Crippen LogP contribution in [0.3, 0.4) is 0 Å². The van der Waals surface area contributed by atoms with Gasteiger partial charge in [-0.15, -0.1) is 11.3 Å². The van der Waals surface area contributed by atoms with E-state index in [0.717, 1.165) is 28.8 Å². The number of hydrogen-bond acceptors (Lipinski definition) is 5. The van der Waals surface area contributed by atoms with E-state index in [4.69, 9.17) is 4.74 Å². The smallest absolute Gasteiger partial charge is 0.264 e. The average molecular weight is 385 g/mol. The standard InChI is InChI=1S/C20H23N3O3S/c24-19(22-13-14-3-5-21-6-4-14)15-1-2-17-16(11-15)12-18(27-17)20(25)23-7-9-26-10-8-23/h3-6,12,15H,1-2,7-11,13H2,(H,22,24)/t15-/m0/s1. The van der Waals surface area contributed by atoms with Gasteiger partial charge in [0.05, 0.1) is 18.1 Å². The van der Waals surface area contributed by atoms with Gasteiger partial charge in [-0.3, -0.25) is 14.6 Å². The van der Waals surface area contributed by atoms with E-state index in [0.29, 0.717) is 39.3 Å². The Morgan fingerprint density at radius 2 is 2.04 bits per heavy atom. The largest absolute Gasteiger partial charge is 0.378 e. The van der Waals surface area contributed by atoms with Crippen molar-refractivity contribution in [3.63, 3.8) is 0 Å². The summed E-state index contributed by atoms with van der Waals surface area (Å²) in [6, 6.07) is 5.81. The number of pyridine rings is 1. The molecule has 1 N–H and O–H groups in total. The zero-order valence-electron chi connectivity index (χ0n) is 15.1. The van der Waals surface area contributed by atoms with Gasteiger partial charge in [0.1, 0.15) is 0 Å². The number of hydrogen-bond donors (Lipinski definition) is 1. The number of aryl methyl sites for hydroxylation is 1. The normalized spacial score (nSPS) is 19.4. The summed E-state index contributed by atoms with van der Waals surface area (Å²) in [6.07, 6.45) is 5.87. The summed E-state index contributed by atoms with van der Waals surface area (Å²) in [5, 5.41) is 3.03. The lowest BCUT2D eigenvalue weighted by molar-refractivity contribution is -0.125. The number of ether oxygens (including phenoxy) is 1. The molecule has 3 heterocycles. The Balaban J connectivity index is 1.37. The minimum atomic E-state index is -0.0275. The number of carbonyl (C=O) groups excluding carboxylic acids is 2. The van der Waals surface area contributed by atoms with Crippen LogP contribution in [0.1, 0.15) is 32.1 Å². The van der Waals surface area contributed by atoms with Crippen LogP contribution >= 0.6 is 11.3 Å². The van der Waals surface area contributed by atoms with E-state index in [1.54, 1.807) is 23.7 Å². The zero-order chi connectivity index (χ0) is 18.6. The van der Waals surface area contributed by atoms with Crippen LogP contribution in [-0.4, -0.2) is 48.0 Å². The van der Waals surface area contributed by atoms with Gasteiger partial charge in [-0.1, -0.05) is 0 Å². The van der Waals surface area contributed by atoms with Crippen molar-refractivity contribution in [1.82, 2.24) is 15.2 Å². The van der Waals surface area contributed by atoms with E-state index in [2.05, 4.69) is 10.3 Å². The summed E-state index contributed by atoms with van der Waals surface area (Å²) in [6.45, 7) is 3.05. The number of fused-ring (bicyclic) bond motifs is 1. The van der Waals surface area contributed by atoms with Crippen LogP contribution < -0.4 is 5.32 Å². The van der Waals surface area contributed by atoms with Gasteiger partial charge in [-0.05, 0) is 48.6 Å². The highest BCUT2D eigenvalue weighted by Gasteiger charge is 2.28. The molecule has 1 fully saturated rings. The molecule has 0 aromatic carbocycles. The maximum atomic E-state index is 12.7. The molecule has 0 bridgehead atoms. The van der Waals surface area contributed by atoms with Gasteiger partial charge < -0.3 is 15.0 Å². The highest BCUT2D eigenvalue weighted by molar-refractivity contribution is 7.14. The van der Waals surface area contributed by atoms with Crippen molar-refractivity contribution in [3.05, 3.63) is 51.5 Å². The van der Waals surface area contributed by atoms with Gasteiger partial charge >= 0.3 is 0 Å². The molecule has 2 aromatic rings. The van der Waals surface area contributed by atoms with Gasteiger partial charge in [-0.25, -0.2) is 0 Å². The molecule has 2 aliphatic rings. The van der Waals surface area contributed by atoms with E-state index in [9.17, 15) is 9.59 Å². The summed E-state index contributed by atoms with van der Waals surface area (Å²) in [7, 11) is 0. The molecule has 1 saturated heterocycles. The average Bonchev–Trinajstić information content (AvgIpc) is 3.16. The molecule has 27 heavy (non-hydrogen) atoms. The Hall–Kier alpha value is -2.25. The lowest BCUT2D eigenvalue weighted by atomic mass is 9.87. The van der Waals surface area contributed by atoms with Crippen molar-refractivity contribution in [3.8, 4) is 0 Å².